The molecule has 0 atom stereocenters. The van der Waals surface area contributed by atoms with Gasteiger partial charge in [0.1, 0.15) is 11.6 Å². The number of aromatic nitrogens is 1. The van der Waals surface area contributed by atoms with Crippen molar-refractivity contribution in [3.8, 4) is 0 Å². The number of hydrogen-bond donors (Lipinski definition) is 2. The van der Waals surface area contributed by atoms with Crippen LogP contribution in [0.2, 0.25) is 0 Å². The maximum absolute atomic E-state index is 13.2. The van der Waals surface area contributed by atoms with Crippen LogP contribution in [0.4, 0.5) is 24.7 Å². The first-order valence-corrected chi connectivity index (χ1v) is 6.17. The average molecular weight is 295 g/mol. The highest BCUT2D eigenvalue weighted by Crippen LogP contribution is 2.18. The minimum Gasteiger partial charge on any atom is -0.370 e. The molecule has 2 aromatic rings. The molecule has 1 heterocycles. The molecule has 0 radical (unpaired) electrons. The number of amides is 1. The van der Waals surface area contributed by atoms with Crippen LogP contribution < -0.4 is 10.6 Å². The largest absolute Gasteiger partial charge is 0.370 e. The molecular formula is C14H12F3N3O. The van der Waals surface area contributed by atoms with E-state index in [1.165, 1.54) is 6.07 Å². The second-order valence-electron chi connectivity index (χ2n) is 4.16. The molecule has 2 N–H and O–H groups in total. The summed E-state index contributed by atoms with van der Waals surface area (Å²) in [7, 11) is 0. The van der Waals surface area contributed by atoms with Crippen molar-refractivity contribution < 1.29 is 18.0 Å². The summed E-state index contributed by atoms with van der Waals surface area (Å²) in [6, 6.07) is 3.95. The second-order valence-corrected chi connectivity index (χ2v) is 4.16. The smallest absolute Gasteiger partial charge is 0.259 e. The molecule has 0 saturated heterocycles. The fraction of sp³-hybridized carbons (Fsp3) is 0.143. The molecule has 0 aliphatic carbocycles. The Hall–Kier alpha value is -2.57. The Morgan fingerprint density at radius 2 is 1.95 bits per heavy atom. The monoisotopic (exact) mass is 295 g/mol. The molecule has 2 rings (SSSR count). The lowest BCUT2D eigenvalue weighted by molar-refractivity contribution is 0.102. The maximum atomic E-state index is 13.2. The summed E-state index contributed by atoms with van der Waals surface area (Å²) < 4.78 is 39.1. The van der Waals surface area contributed by atoms with Crippen LogP contribution in [-0.4, -0.2) is 17.4 Å². The van der Waals surface area contributed by atoms with Crippen molar-refractivity contribution >= 4 is 17.4 Å². The normalized spacial score (nSPS) is 10.3. The fourth-order valence-corrected chi connectivity index (χ4v) is 1.69. The summed E-state index contributed by atoms with van der Waals surface area (Å²) >= 11 is 0. The molecule has 0 unspecified atom stereocenters. The van der Waals surface area contributed by atoms with Gasteiger partial charge in [-0.05, 0) is 25.1 Å². The third kappa shape index (κ3) is 3.50. The molecule has 0 fully saturated rings. The number of rotatable bonds is 4. The molecule has 1 aromatic heterocycles. The van der Waals surface area contributed by atoms with E-state index in [4.69, 9.17) is 0 Å². The van der Waals surface area contributed by atoms with Crippen LogP contribution in [-0.2, 0) is 0 Å². The van der Waals surface area contributed by atoms with Gasteiger partial charge in [-0.15, -0.1) is 0 Å². The molecule has 4 nitrogen and oxygen atoms in total. The molecule has 0 saturated carbocycles. The minimum atomic E-state index is -1.09. The Kier molecular flexibility index (Phi) is 4.42. The first-order valence-electron chi connectivity index (χ1n) is 6.17. The third-order valence-electron chi connectivity index (χ3n) is 2.62. The number of carbonyl (C=O) groups excluding carboxylic acids is 1. The summed E-state index contributed by atoms with van der Waals surface area (Å²) in [5, 5.41) is 5.18. The summed E-state index contributed by atoms with van der Waals surface area (Å²) in [5.41, 5.74) is 0.0344. The van der Waals surface area contributed by atoms with E-state index in [9.17, 15) is 18.0 Å². The lowest BCUT2D eigenvalue weighted by Gasteiger charge is -2.10. The van der Waals surface area contributed by atoms with E-state index in [1.807, 2.05) is 0 Å². The van der Waals surface area contributed by atoms with Gasteiger partial charge in [-0.2, -0.15) is 0 Å². The number of pyridine rings is 1. The van der Waals surface area contributed by atoms with Crippen molar-refractivity contribution in [1.29, 1.82) is 0 Å². The van der Waals surface area contributed by atoms with Gasteiger partial charge in [0.05, 0.1) is 11.8 Å². The minimum absolute atomic E-state index is 0.0263. The Labute approximate surface area is 119 Å². The van der Waals surface area contributed by atoms with E-state index in [0.29, 0.717) is 6.54 Å². The molecular weight excluding hydrogens is 283 g/mol. The number of nitrogens with one attached hydrogen (secondary N) is 2. The van der Waals surface area contributed by atoms with E-state index in [2.05, 4.69) is 15.6 Å². The van der Waals surface area contributed by atoms with Gasteiger partial charge in [0.2, 0.25) is 0 Å². The highest BCUT2D eigenvalue weighted by atomic mass is 19.2. The Morgan fingerprint density at radius 1 is 1.19 bits per heavy atom. The predicted octanol–water partition coefficient (Wildman–Crippen LogP) is 3.18. The number of hydrogen-bond acceptors (Lipinski definition) is 3. The first-order chi connectivity index (χ1) is 10.0. The Bertz CT molecular complexity index is 677. The topological polar surface area (TPSA) is 54.0 Å². The number of benzene rings is 1. The van der Waals surface area contributed by atoms with Gasteiger partial charge >= 0.3 is 0 Å². The van der Waals surface area contributed by atoms with E-state index in [-0.39, 0.29) is 17.1 Å². The van der Waals surface area contributed by atoms with Crippen LogP contribution in [0.1, 0.15) is 17.3 Å². The zero-order valence-electron chi connectivity index (χ0n) is 11.1. The van der Waals surface area contributed by atoms with Crippen LogP contribution in [0, 0.1) is 17.5 Å². The molecule has 0 aliphatic heterocycles. The summed E-state index contributed by atoms with van der Waals surface area (Å²) in [5.74, 6) is -3.25. The van der Waals surface area contributed by atoms with Crippen LogP contribution in [0.5, 0.6) is 0 Å². The summed E-state index contributed by atoms with van der Waals surface area (Å²) in [6.07, 6.45) is 0.979. The quantitative estimate of drug-likeness (QED) is 0.911. The molecule has 0 aliphatic rings. The standard InChI is InChI=1S/C14H12F3N3O/c1-2-18-13-10(5-8(15)7-19-13)14(21)20-9-3-4-11(16)12(17)6-9/h3-7H,2H2,1H3,(H,18,19)(H,20,21). The maximum Gasteiger partial charge on any atom is 0.259 e. The summed E-state index contributed by atoms with van der Waals surface area (Å²) in [6.45, 7) is 2.28. The average Bonchev–Trinajstić information content (AvgIpc) is 2.45. The number of nitrogens with zero attached hydrogens (tertiary/aromatic N) is 1. The second kappa shape index (κ2) is 6.25. The zero-order chi connectivity index (χ0) is 15.4. The Balaban J connectivity index is 2.27. The third-order valence-corrected chi connectivity index (χ3v) is 2.62. The van der Waals surface area contributed by atoms with Gasteiger partial charge < -0.3 is 10.6 Å². The van der Waals surface area contributed by atoms with E-state index in [0.717, 1.165) is 24.4 Å². The molecule has 110 valence electrons. The number of anilines is 2. The number of carbonyl (C=O) groups is 1. The van der Waals surface area contributed by atoms with Gasteiger partial charge in [-0.1, -0.05) is 0 Å². The molecule has 1 aromatic carbocycles. The van der Waals surface area contributed by atoms with Gasteiger partial charge in [0, 0.05) is 18.3 Å². The van der Waals surface area contributed by atoms with Crippen molar-refractivity contribution in [2.75, 3.05) is 17.2 Å². The van der Waals surface area contributed by atoms with Crippen molar-refractivity contribution in [3.05, 3.63) is 53.5 Å². The van der Waals surface area contributed by atoms with Crippen LogP contribution >= 0.6 is 0 Å². The van der Waals surface area contributed by atoms with Crippen molar-refractivity contribution in [2.45, 2.75) is 6.92 Å². The zero-order valence-corrected chi connectivity index (χ0v) is 11.1. The lowest BCUT2D eigenvalue weighted by atomic mass is 10.2. The predicted molar refractivity (Wildman–Crippen MR) is 72.7 cm³/mol. The van der Waals surface area contributed by atoms with Crippen molar-refractivity contribution in [2.24, 2.45) is 0 Å². The van der Waals surface area contributed by atoms with E-state index >= 15 is 0 Å². The molecule has 7 heteroatoms. The molecule has 1 amide bonds. The highest BCUT2D eigenvalue weighted by Gasteiger charge is 2.15. The Morgan fingerprint density at radius 3 is 2.62 bits per heavy atom. The molecule has 0 spiro atoms. The van der Waals surface area contributed by atoms with Crippen molar-refractivity contribution in [1.82, 2.24) is 4.98 Å². The molecule has 21 heavy (non-hydrogen) atoms. The summed E-state index contributed by atoms with van der Waals surface area (Å²) in [4.78, 5) is 15.9. The van der Waals surface area contributed by atoms with Gasteiger partial charge in [0.15, 0.2) is 11.6 Å². The number of halogens is 3. The van der Waals surface area contributed by atoms with Gasteiger partial charge in [-0.25, -0.2) is 18.2 Å². The lowest BCUT2D eigenvalue weighted by Crippen LogP contribution is -2.16. The van der Waals surface area contributed by atoms with E-state index < -0.39 is 23.4 Å². The van der Waals surface area contributed by atoms with Gasteiger partial charge in [0.25, 0.3) is 5.91 Å². The fourth-order valence-electron chi connectivity index (χ4n) is 1.69. The highest BCUT2D eigenvalue weighted by molar-refractivity contribution is 6.07. The first kappa shape index (κ1) is 14.8. The van der Waals surface area contributed by atoms with Crippen LogP contribution in [0.25, 0.3) is 0 Å². The van der Waals surface area contributed by atoms with Crippen molar-refractivity contribution in [3.63, 3.8) is 0 Å². The SMILES string of the molecule is CCNc1ncc(F)cc1C(=O)Nc1ccc(F)c(F)c1. The molecule has 0 bridgehead atoms. The van der Waals surface area contributed by atoms with E-state index in [1.54, 1.807) is 6.92 Å². The van der Waals surface area contributed by atoms with Crippen LogP contribution in [0.15, 0.2) is 30.5 Å². The van der Waals surface area contributed by atoms with Gasteiger partial charge in [-0.3, -0.25) is 4.79 Å². The van der Waals surface area contributed by atoms with Crippen LogP contribution in [0.3, 0.4) is 0 Å².